The van der Waals surface area contributed by atoms with E-state index in [1.165, 1.54) is 47.4 Å². The number of hydrogen-bond donors (Lipinski definition) is 1. The lowest BCUT2D eigenvalue weighted by atomic mass is 9.97. The van der Waals surface area contributed by atoms with E-state index in [9.17, 15) is 0 Å². The highest BCUT2D eigenvalue weighted by Crippen LogP contribution is 2.39. The zero-order valence-electron chi connectivity index (χ0n) is 14.2. The van der Waals surface area contributed by atoms with E-state index in [0.29, 0.717) is 11.9 Å². The molecule has 5 rings (SSSR count). The van der Waals surface area contributed by atoms with Crippen LogP contribution in [0.2, 0.25) is 0 Å². The molecule has 0 aromatic carbocycles. The average Bonchev–Trinajstić information content (AvgIpc) is 3.33. The largest absolute Gasteiger partial charge is 0.383 e. The smallest absolute Gasteiger partial charge is 0.146 e. The molecule has 1 aliphatic heterocycles. The van der Waals surface area contributed by atoms with Crippen LogP contribution >= 0.6 is 22.7 Å². The van der Waals surface area contributed by atoms with Crippen LogP contribution in [-0.2, 0) is 19.4 Å². The van der Waals surface area contributed by atoms with Crippen LogP contribution in [0.5, 0.6) is 0 Å². The number of aryl methyl sites for hydroxylation is 2. The van der Waals surface area contributed by atoms with Gasteiger partial charge in [0.25, 0.3) is 0 Å². The van der Waals surface area contributed by atoms with Crippen LogP contribution in [0.15, 0.2) is 17.5 Å². The van der Waals surface area contributed by atoms with Crippen LogP contribution in [0.4, 0.5) is 5.82 Å². The second-order valence-electron chi connectivity index (χ2n) is 7.06. The molecule has 4 nitrogen and oxygen atoms in total. The molecule has 2 N–H and O–H groups in total. The Kier molecular flexibility index (Phi) is 3.99. The molecule has 1 saturated heterocycles. The van der Waals surface area contributed by atoms with Crippen LogP contribution < -0.4 is 5.73 Å². The van der Waals surface area contributed by atoms with Crippen molar-refractivity contribution in [2.45, 2.75) is 51.1 Å². The van der Waals surface area contributed by atoms with E-state index >= 15 is 0 Å². The Morgan fingerprint density at radius 1 is 1.20 bits per heavy atom. The second-order valence-corrected chi connectivity index (χ2v) is 9.12. The summed E-state index contributed by atoms with van der Waals surface area (Å²) in [5.74, 6) is 1.57. The fourth-order valence-corrected chi connectivity index (χ4v) is 6.49. The first-order chi connectivity index (χ1) is 12.3. The molecule has 4 heterocycles. The normalized spacial score (nSPS) is 21.0. The first-order valence-corrected chi connectivity index (χ1v) is 10.8. The topological polar surface area (TPSA) is 55.0 Å². The Morgan fingerprint density at radius 3 is 3.00 bits per heavy atom. The number of fused-ring (bicyclic) bond motifs is 3. The summed E-state index contributed by atoms with van der Waals surface area (Å²) in [4.78, 5) is 16.2. The molecule has 0 bridgehead atoms. The maximum Gasteiger partial charge on any atom is 0.146 e. The molecule has 1 aliphatic carbocycles. The number of likely N-dealkylation sites (tertiary alicyclic amines) is 1. The third kappa shape index (κ3) is 2.76. The molecule has 130 valence electrons. The zero-order chi connectivity index (χ0) is 16.8. The number of rotatable bonds is 3. The van der Waals surface area contributed by atoms with Gasteiger partial charge >= 0.3 is 0 Å². The van der Waals surface area contributed by atoms with Gasteiger partial charge in [-0.05, 0) is 62.1 Å². The molecule has 1 fully saturated rings. The van der Waals surface area contributed by atoms with Crippen molar-refractivity contribution in [2.24, 2.45) is 0 Å². The summed E-state index contributed by atoms with van der Waals surface area (Å²) >= 11 is 3.69. The van der Waals surface area contributed by atoms with Gasteiger partial charge in [-0.3, -0.25) is 4.90 Å². The number of nitrogen functional groups attached to an aromatic ring is 1. The van der Waals surface area contributed by atoms with Crippen LogP contribution in [0.1, 0.15) is 52.9 Å². The molecule has 3 aromatic rings. The Balaban J connectivity index is 1.47. The molecular formula is C19H22N4S2. The van der Waals surface area contributed by atoms with Crippen molar-refractivity contribution in [3.63, 3.8) is 0 Å². The number of anilines is 1. The molecule has 0 amide bonds. The van der Waals surface area contributed by atoms with Crippen molar-refractivity contribution in [1.82, 2.24) is 14.9 Å². The molecule has 25 heavy (non-hydrogen) atoms. The maximum atomic E-state index is 6.37. The highest BCUT2D eigenvalue weighted by atomic mass is 32.1. The fraction of sp³-hybridized carbons (Fsp3) is 0.474. The summed E-state index contributed by atoms with van der Waals surface area (Å²) < 4.78 is 0. The van der Waals surface area contributed by atoms with Gasteiger partial charge in [-0.1, -0.05) is 6.07 Å². The lowest BCUT2D eigenvalue weighted by Crippen LogP contribution is -2.23. The summed E-state index contributed by atoms with van der Waals surface area (Å²) in [5, 5.41) is 3.31. The summed E-state index contributed by atoms with van der Waals surface area (Å²) in [5.41, 5.74) is 7.79. The Morgan fingerprint density at radius 2 is 2.12 bits per heavy atom. The number of hydrogen-bond acceptors (Lipinski definition) is 6. The van der Waals surface area contributed by atoms with Gasteiger partial charge in [0.1, 0.15) is 16.5 Å². The molecule has 6 heteroatoms. The van der Waals surface area contributed by atoms with Gasteiger partial charge in [0, 0.05) is 15.8 Å². The summed E-state index contributed by atoms with van der Waals surface area (Å²) in [6, 6.07) is 4.91. The predicted molar refractivity (Wildman–Crippen MR) is 105 cm³/mol. The summed E-state index contributed by atoms with van der Waals surface area (Å²) in [6.07, 6.45) is 7.33. The molecule has 0 unspecified atom stereocenters. The quantitative estimate of drug-likeness (QED) is 0.735. The van der Waals surface area contributed by atoms with Crippen molar-refractivity contribution in [1.29, 1.82) is 0 Å². The highest BCUT2D eigenvalue weighted by molar-refractivity contribution is 7.19. The van der Waals surface area contributed by atoms with E-state index in [1.54, 1.807) is 0 Å². The molecule has 3 aromatic heterocycles. The molecule has 1 atom stereocenters. The van der Waals surface area contributed by atoms with E-state index < -0.39 is 0 Å². The van der Waals surface area contributed by atoms with E-state index in [0.717, 1.165) is 35.6 Å². The maximum absolute atomic E-state index is 6.37. The third-order valence-electron chi connectivity index (χ3n) is 5.47. The standard InChI is InChI=1S/C19H22N4S2/c20-18-17-12-5-1-2-7-14(12)25-19(17)22-16(21-18)11-23-9-3-6-13(23)15-8-4-10-24-15/h4,8,10,13H,1-3,5-7,9,11H2,(H2,20,21,22)/t13-/m0/s1. The Bertz CT molecular complexity index is 900. The minimum absolute atomic E-state index is 0.511. The first-order valence-electron chi connectivity index (χ1n) is 9.13. The minimum Gasteiger partial charge on any atom is -0.383 e. The van der Waals surface area contributed by atoms with E-state index in [2.05, 4.69) is 22.4 Å². The van der Waals surface area contributed by atoms with E-state index in [-0.39, 0.29) is 0 Å². The molecule has 0 saturated carbocycles. The third-order valence-corrected chi connectivity index (χ3v) is 7.63. The van der Waals surface area contributed by atoms with E-state index in [4.69, 9.17) is 15.7 Å². The van der Waals surface area contributed by atoms with Gasteiger partial charge < -0.3 is 5.73 Å². The number of nitrogens with zero attached hydrogens (tertiary/aromatic N) is 3. The van der Waals surface area contributed by atoms with Gasteiger partial charge in [0.2, 0.25) is 0 Å². The Labute approximate surface area is 155 Å². The molecule has 2 aliphatic rings. The Hall–Kier alpha value is -1.50. The van der Waals surface area contributed by atoms with Gasteiger partial charge in [-0.25, -0.2) is 9.97 Å². The molecule has 0 spiro atoms. The van der Waals surface area contributed by atoms with Crippen LogP contribution in [0.25, 0.3) is 10.2 Å². The number of aromatic nitrogens is 2. The SMILES string of the molecule is Nc1nc(CN2CCC[C@H]2c2cccs2)nc2sc3c(c12)CCCC3. The molecular weight excluding hydrogens is 348 g/mol. The van der Waals surface area contributed by atoms with Crippen molar-refractivity contribution in [3.05, 3.63) is 38.7 Å². The minimum atomic E-state index is 0.511. The second kappa shape index (κ2) is 6.34. The highest BCUT2D eigenvalue weighted by Gasteiger charge is 2.28. The van der Waals surface area contributed by atoms with Crippen LogP contribution in [-0.4, -0.2) is 21.4 Å². The zero-order valence-corrected chi connectivity index (χ0v) is 15.8. The van der Waals surface area contributed by atoms with Crippen LogP contribution in [0, 0.1) is 0 Å². The van der Waals surface area contributed by atoms with Crippen molar-refractivity contribution >= 4 is 38.7 Å². The lowest BCUT2D eigenvalue weighted by molar-refractivity contribution is 0.246. The van der Waals surface area contributed by atoms with Gasteiger partial charge in [-0.2, -0.15) is 0 Å². The number of nitrogens with two attached hydrogens (primary N) is 1. The summed E-state index contributed by atoms with van der Waals surface area (Å²) in [7, 11) is 0. The summed E-state index contributed by atoms with van der Waals surface area (Å²) in [6.45, 7) is 1.91. The number of thiophene rings is 2. The average molecular weight is 371 g/mol. The van der Waals surface area contributed by atoms with Crippen LogP contribution in [0.3, 0.4) is 0 Å². The van der Waals surface area contributed by atoms with Crippen molar-refractivity contribution < 1.29 is 0 Å². The monoisotopic (exact) mass is 370 g/mol. The van der Waals surface area contributed by atoms with Gasteiger partial charge in [-0.15, -0.1) is 22.7 Å². The molecule has 0 radical (unpaired) electrons. The first kappa shape index (κ1) is 15.7. The predicted octanol–water partition coefficient (Wildman–Crippen LogP) is 4.55. The lowest BCUT2D eigenvalue weighted by Gasteiger charge is -2.22. The van der Waals surface area contributed by atoms with Crippen molar-refractivity contribution in [2.75, 3.05) is 12.3 Å². The van der Waals surface area contributed by atoms with Gasteiger partial charge in [0.15, 0.2) is 0 Å². The van der Waals surface area contributed by atoms with Gasteiger partial charge in [0.05, 0.1) is 11.9 Å². The van der Waals surface area contributed by atoms with E-state index in [1.807, 2.05) is 22.7 Å². The fourth-order valence-electron chi connectivity index (χ4n) is 4.30. The van der Waals surface area contributed by atoms with Crippen molar-refractivity contribution in [3.8, 4) is 0 Å².